The van der Waals surface area contributed by atoms with E-state index < -0.39 is 11.9 Å². The summed E-state index contributed by atoms with van der Waals surface area (Å²) < 4.78 is 16.7. The molecule has 0 aliphatic carbocycles. The number of aryl methyl sites for hydroxylation is 1. The minimum absolute atomic E-state index is 0.0812. The van der Waals surface area contributed by atoms with Crippen molar-refractivity contribution in [2.45, 2.75) is 19.0 Å². The zero-order valence-corrected chi connectivity index (χ0v) is 18.6. The van der Waals surface area contributed by atoms with Crippen LogP contribution in [0.5, 0.6) is 0 Å². The molecule has 1 aliphatic rings. The molecule has 1 aliphatic heterocycles. The second-order valence-corrected chi connectivity index (χ2v) is 8.42. The monoisotopic (exact) mass is 500 g/mol. The van der Waals surface area contributed by atoms with Gasteiger partial charge < -0.3 is 10.2 Å². The summed E-state index contributed by atoms with van der Waals surface area (Å²) in [6.45, 7) is 1.24. The molecule has 3 heterocycles. The van der Waals surface area contributed by atoms with Gasteiger partial charge >= 0.3 is 0 Å². The molecule has 0 spiro atoms. The van der Waals surface area contributed by atoms with Crippen LogP contribution in [0, 0.1) is 5.82 Å². The van der Waals surface area contributed by atoms with Crippen molar-refractivity contribution in [3.63, 3.8) is 0 Å². The molecule has 11 heteroatoms. The van der Waals surface area contributed by atoms with Crippen molar-refractivity contribution in [2.24, 2.45) is 0 Å². The van der Waals surface area contributed by atoms with Crippen molar-refractivity contribution in [3.05, 3.63) is 49.8 Å². The van der Waals surface area contributed by atoms with E-state index in [1.54, 1.807) is 30.9 Å². The average Bonchev–Trinajstić information content (AvgIpc) is 2.86. The highest BCUT2D eigenvalue weighted by molar-refractivity contribution is 9.10. The zero-order chi connectivity index (χ0) is 20.9. The van der Waals surface area contributed by atoms with E-state index in [0.717, 1.165) is 6.42 Å². The summed E-state index contributed by atoms with van der Waals surface area (Å²) in [5.74, 6) is -0.820. The van der Waals surface area contributed by atoms with Gasteiger partial charge in [-0.3, -0.25) is 9.48 Å². The molecule has 4 rings (SSSR count). The molecule has 1 N–H and O–H groups in total. The largest absolute Gasteiger partial charge is 0.343 e. The third-order valence-electron chi connectivity index (χ3n) is 4.74. The zero-order valence-electron chi connectivity index (χ0n) is 15.5. The standard InChI is InChI=1S/C18H16BrCl2FN6O/c1-27(2)17(29)14-10(20)16-15(23-6-3-7-28(16)26-14)13-8-4-5-9(19)11(22)12(8)24-18(21)25-13/h4-5,15,23H,3,6-7H2,1-2H3. The van der Waals surface area contributed by atoms with Crippen LogP contribution >= 0.6 is 39.1 Å². The number of halogens is 4. The Morgan fingerprint density at radius 2 is 2.10 bits per heavy atom. The van der Waals surface area contributed by atoms with Gasteiger partial charge in [-0.2, -0.15) is 5.10 Å². The van der Waals surface area contributed by atoms with Crippen molar-refractivity contribution in [3.8, 4) is 0 Å². The van der Waals surface area contributed by atoms with Gasteiger partial charge in [0.25, 0.3) is 5.91 Å². The van der Waals surface area contributed by atoms with Crippen molar-refractivity contribution in [1.29, 1.82) is 0 Å². The summed E-state index contributed by atoms with van der Waals surface area (Å²) in [4.78, 5) is 22.4. The van der Waals surface area contributed by atoms with E-state index in [1.807, 2.05) is 0 Å². The quantitative estimate of drug-likeness (QED) is 0.540. The van der Waals surface area contributed by atoms with Crippen LogP contribution in [-0.2, 0) is 6.54 Å². The molecular weight excluding hydrogens is 486 g/mol. The molecule has 0 radical (unpaired) electrons. The molecule has 7 nitrogen and oxygen atoms in total. The Morgan fingerprint density at radius 1 is 1.34 bits per heavy atom. The Kier molecular flexibility index (Phi) is 5.50. The molecular formula is C18H16BrCl2FN6O. The SMILES string of the molecule is CN(C)C(=O)c1nn2c(c1Cl)C(c1nc(Cl)nc3c(F)c(Br)ccc13)NCCC2. The fraction of sp³-hybridized carbons (Fsp3) is 0.333. The van der Waals surface area contributed by atoms with E-state index in [9.17, 15) is 9.18 Å². The number of benzene rings is 1. The Hall–Kier alpha value is -1.81. The van der Waals surface area contributed by atoms with Gasteiger partial charge in [0.2, 0.25) is 5.28 Å². The predicted octanol–water partition coefficient (Wildman–Crippen LogP) is 3.82. The highest BCUT2D eigenvalue weighted by Gasteiger charge is 2.32. The van der Waals surface area contributed by atoms with Gasteiger partial charge in [0, 0.05) is 26.0 Å². The summed E-state index contributed by atoms with van der Waals surface area (Å²) in [5, 5.41) is 8.47. The molecule has 1 atom stereocenters. The van der Waals surface area contributed by atoms with Crippen molar-refractivity contribution < 1.29 is 9.18 Å². The number of nitrogens with one attached hydrogen (secondary N) is 1. The highest BCUT2D eigenvalue weighted by Crippen LogP contribution is 2.36. The lowest BCUT2D eigenvalue weighted by molar-refractivity contribution is 0.0821. The van der Waals surface area contributed by atoms with E-state index >= 15 is 0 Å². The first-order chi connectivity index (χ1) is 13.8. The fourth-order valence-electron chi connectivity index (χ4n) is 3.40. The van der Waals surface area contributed by atoms with Crippen LogP contribution in [-0.4, -0.2) is 51.2 Å². The molecule has 1 amide bonds. The van der Waals surface area contributed by atoms with Crippen LogP contribution in [0.25, 0.3) is 10.9 Å². The topological polar surface area (TPSA) is 75.9 Å². The van der Waals surface area contributed by atoms with E-state index in [4.69, 9.17) is 23.2 Å². The van der Waals surface area contributed by atoms with Crippen LogP contribution in [0.15, 0.2) is 16.6 Å². The average molecular weight is 502 g/mol. The maximum absolute atomic E-state index is 14.7. The van der Waals surface area contributed by atoms with Gasteiger partial charge in [-0.15, -0.1) is 0 Å². The van der Waals surface area contributed by atoms with Gasteiger partial charge in [-0.1, -0.05) is 11.6 Å². The molecule has 0 fully saturated rings. The van der Waals surface area contributed by atoms with E-state index in [0.29, 0.717) is 29.9 Å². The molecule has 0 saturated heterocycles. The van der Waals surface area contributed by atoms with Crippen LogP contribution in [0.2, 0.25) is 10.3 Å². The van der Waals surface area contributed by atoms with Crippen LogP contribution in [0.1, 0.15) is 34.3 Å². The smallest absolute Gasteiger partial charge is 0.275 e. The minimum atomic E-state index is -0.537. The second-order valence-electron chi connectivity index (χ2n) is 6.85. The molecule has 29 heavy (non-hydrogen) atoms. The van der Waals surface area contributed by atoms with Gasteiger partial charge in [0.1, 0.15) is 5.52 Å². The van der Waals surface area contributed by atoms with Gasteiger partial charge in [0.05, 0.1) is 26.9 Å². The summed E-state index contributed by atoms with van der Waals surface area (Å²) >= 11 is 15.9. The first-order valence-electron chi connectivity index (χ1n) is 8.82. The number of rotatable bonds is 2. The molecule has 1 unspecified atom stereocenters. The van der Waals surface area contributed by atoms with Gasteiger partial charge in [0.15, 0.2) is 11.5 Å². The lowest BCUT2D eigenvalue weighted by Gasteiger charge is -2.19. The Labute approximate surface area is 184 Å². The maximum atomic E-state index is 14.7. The number of aromatic nitrogens is 4. The van der Waals surface area contributed by atoms with E-state index in [1.165, 1.54) is 4.90 Å². The first kappa shape index (κ1) is 20.5. The van der Waals surface area contributed by atoms with Crippen molar-refractivity contribution in [2.75, 3.05) is 20.6 Å². The van der Waals surface area contributed by atoms with Gasteiger partial charge in [-0.05, 0) is 52.6 Å². The second kappa shape index (κ2) is 7.79. The molecule has 0 bridgehead atoms. The number of nitrogens with zero attached hydrogens (tertiary/aromatic N) is 5. The lowest BCUT2D eigenvalue weighted by atomic mass is 10.0. The summed E-state index contributed by atoms with van der Waals surface area (Å²) in [7, 11) is 3.27. The Morgan fingerprint density at radius 3 is 2.83 bits per heavy atom. The highest BCUT2D eigenvalue weighted by atomic mass is 79.9. The van der Waals surface area contributed by atoms with Crippen LogP contribution < -0.4 is 5.32 Å². The molecule has 0 saturated carbocycles. The number of carbonyl (C=O) groups excluding carboxylic acids is 1. The van der Waals surface area contributed by atoms with E-state index in [2.05, 4.69) is 36.3 Å². The molecule has 2 aromatic heterocycles. The van der Waals surface area contributed by atoms with Crippen molar-refractivity contribution >= 4 is 55.9 Å². The summed E-state index contributed by atoms with van der Waals surface area (Å²) in [6.07, 6.45) is 0.772. The minimum Gasteiger partial charge on any atom is -0.343 e. The number of carbonyl (C=O) groups is 1. The molecule has 152 valence electrons. The fourth-order valence-corrected chi connectivity index (χ4v) is 4.22. The molecule has 1 aromatic carbocycles. The van der Waals surface area contributed by atoms with Crippen LogP contribution in [0.4, 0.5) is 4.39 Å². The van der Waals surface area contributed by atoms with Gasteiger partial charge in [-0.25, -0.2) is 14.4 Å². The van der Waals surface area contributed by atoms with E-state index in [-0.39, 0.29) is 31.9 Å². The predicted molar refractivity (Wildman–Crippen MR) is 112 cm³/mol. The van der Waals surface area contributed by atoms with Crippen LogP contribution in [0.3, 0.4) is 0 Å². The third-order valence-corrected chi connectivity index (χ3v) is 5.90. The number of amides is 1. The normalized spacial score (nSPS) is 16.6. The molecule has 3 aromatic rings. The number of fused-ring (bicyclic) bond motifs is 2. The summed E-state index contributed by atoms with van der Waals surface area (Å²) in [6, 6.07) is 2.78. The lowest BCUT2D eigenvalue weighted by Crippen LogP contribution is -2.25. The Bertz CT molecular complexity index is 1140. The summed E-state index contributed by atoms with van der Waals surface area (Å²) in [5.41, 5.74) is 1.33. The maximum Gasteiger partial charge on any atom is 0.275 e. The van der Waals surface area contributed by atoms with Crippen molar-refractivity contribution in [1.82, 2.24) is 30.0 Å². The first-order valence-corrected chi connectivity index (χ1v) is 10.4. The Balaban J connectivity index is 1.96. The third kappa shape index (κ3) is 3.50. The number of hydrogen-bond donors (Lipinski definition) is 1. The number of hydrogen-bond acceptors (Lipinski definition) is 5.